The molecule has 1 heterocycles. The van der Waals surface area contributed by atoms with Crippen LogP contribution in [0.4, 0.5) is 0 Å². The molecule has 5 heteroatoms. The summed E-state index contributed by atoms with van der Waals surface area (Å²) in [5.41, 5.74) is 6.07. The van der Waals surface area contributed by atoms with Crippen LogP contribution in [0, 0.1) is 0 Å². The Morgan fingerprint density at radius 2 is 2.38 bits per heavy atom. The van der Waals surface area contributed by atoms with Gasteiger partial charge >= 0.3 is 0 Å². The Balaban J connectivity index is 2.44. The lowest BCUT2D eigenvalue weighted by Gasteiger charge is -2.05. The van der Waals surface area contributed by atoms with E-state index in [9.17, 15) is 4.79 Å². The monoisotopic (exact) mass is 223 g/mol. The van der Waals surface area contributed by atoms with Crippen molar-refractivity contribution in [1.82, 2.24) is 10.3 Å². The number of amides is 1. The van der Waals surface area contributed by atoms with Crippen molar-refractivity contribution in [3.8, 4) is 5.75 Å². The second kappa shape index (κ2) is 6.79. The van der Waals surface area contributed by atoms with Gasteiger partial charge < -0.3 is 15.8 Å². The van der Waals surface area contributed by atoms with Crippen molar-refractivity contribution in [2.24, 2.45) is 5.73 Å². The molecule has 0 aliphatic carbocycles. The van der Waals surface area contributed by atoms with Crippen LogP contribution in [0.3, 0.4) is 0 Å². The highest BCUT2D eigenvalue weighted by atomic mass is 16.5. The first-order valence-corrected chi connectivity index (χ1v) is 5.24. The zero-order chi connectivity index (χ0) is 11.8. The Morgan fingerprint density at radius 1 is 1.56 bits per heavy atom. The molecule has 5 nitrogen and oxygen atoms in total. The lowest BCUT2D eigenvalue weighted by atomic mass is 10.2. The first-order valence-electron chi connectivity index (χ1n) is 5.24. The van der Waals surface area contributed by atoms with E-state index in [-0.39, 0.29) is 5.91 Å². The smallest absolute Gasteiger partial charge is 0.225 e. The third kappa shape index (κ3) is 4.27. The van der Waals surface area contributed by atoms with Crippen LogP contribution in [0.5, 0.6) is 5.75 Å². The molecule has 1 amide bonds. The predicted octanol–water partition coefficient (Wildman–Crippen LogP) is 0.0977. The average Bonchev–Trinajstić information content (AvgIpc) is 2.31. The average molecular weight is 223 g/mol. The topological polar surface area (TPSA) is 77.2 Å². The molecule has 1 aromatic heterocycles. The molecule has 0 atom stereocenters. The van der Waals surface area contributed by atoms with Gasteiger partial charge in [-0.05, 0) is 25.1 Å². The molecule has 1 aromatic rings. The van der Waals surface area contributed by atoms with E-state index in [1.54, 1.807) is 19.3 Å². The van der Waals surface area contributed by atoms with E-state index >= 15 is 0 Å². The number of ether oxygens (including phenoxy) is 1. The number of carbonyl (C=O) groups excluding carboxylic acids is 1. The molecule has 16 heavy (non-hydrogen) atoms. The number of hydrogen-bond donors (Lipinski definition) is 2. The summed E-state index contributed by atoms with van der Waals surface area (Å²) in [5, 5.41) is 2.55. The Labute approximate surface area is 95.0 Å². The van der Waals surface area contributed by atoms with Crippen LogP contribution in [-0.2, 0) is 11.2 Å². The highest BCUT2D eigenvalue weighted by molar-refractivity contribution is 5.77. The largest absolute Gasteiger partial charge is 0.492 e. The molecule has 88 valence electrons. The zero-order valence-electron chi connectivity index (χ0n) is 9.40. The fraction of sp³-hybridized carbons (Fsp3) is 0.455. The normalized spacial score (nSPS) is 9.88. The lowest BCUT2D eigenvalue weighted by Crippen LogP contribution is -2.20. The van der Waals surface area contributed by atoms with Crippen LogP contribution in [0.25, 0.3) is 0 Å². The molecular formula is C11H17N3O2. The van der Waals surface area contributed by atoms with Gasteiger partial charge in [-0.2, -0.15) is 0 Å². The number of rotatable bonds is 6. The highest BCUT2D eigenvalue weighted by Crippen LogP contribution is 2.09. The van der Waals surface area contributed by atoms with Gasteiger partial charge in [0.25, 0.3) is 0 Å². The van der Waals surface area contributed by atoms with Crippen molar-refractivity contribution >= 4 is 5.91 Å². The second-order valence-electron chi connectivity index (χ2n) is 3.33. The second-order valence-corrected chi connectivity index (χ2v) is 3.33. The van der Waals surface area contributed by atoms with Gasteiger partial charge in [-0.3, -0.25) is 9.78 Å². The number of nitrogens with one attached hydrogen (secondary N) is 1. The molecule has 0 aliphatic rings. The summed E-state index contributed by atoms with van der Waals surface area (Å²) in [5.74, 6) is 0.651. The summed E-state index contributed by atoms with van der Waals surface area (Å²) >= 11 is 0. The Kier molecular flexibility index (Phi) is 5.28. The maximum absolute atomic E-state index is 11.1. The van der Waals surface area contributed by atoms with Crippen molar-refractivity contribution in [3.63, 3.8) is 0 Å². The van der Waals surface area contributed by atoms with E-state index in [1.165, 1.54) is 0 Å². The molecule has 1 rings (SSSR count). The summed E-state index contributed by atoms with van der Waals surface area (Å²) in [7, 11) is 1.60. The first-order chi connectivity index (χ1) is 7.76. The Morgan fingerprint density at radius 3 is 2.94 bits per heavy atom. The molecule has 0 aromatic carbocycles. The number of pyridine rings is 1. The first kappa shape index (κ1) is 12.4. The summed E-state index contributed by atoms with van der Waals surface area (Å²) in [6.45, 7) is 1.20. The van der Waals surface area contributed by atoms with Crippen LogP contribution in [0.2, 0.25) is 0 Å². The van der Waals surface area contributed by atoms with E-state index in [0.717, 1.165) is 12.1 Å². The van der Waals surface area contributed by atoms with Gasteiger partial charge in [-0.15, -0.1) is 0 Å². The maximum Gasteiger partial charge on any atom is 0.225 e. The fourth-order valence-corrected chi connectivity index (χ4v) is 1.13. The maximum atomic E-state index is 11.1. The zero-order valence-corrected chi connectivity index (χ0v) is 9.40. The number of hydrogen-bond acceptors (Lipinski definition) is 4. The van der Waals surface area contributed by atoms with Crippen LogP contribution in [0.1, 0.15) is 12.1 Å². The van der Waals surface area contributed by atoms with E-state index in [1.807, 2.05) is 6.07 Å². The van der Waals surface area contributed by atoms with E-state index in [0.29, 0.717) is 25.3 Å². The SMILES string of the molecule is CNC(=O)Cc1ccc(OCCCN)cn1. The molecule has 0 spiro atoms. The standard InChI is InChI=1S/C11H17N3O2/c1-13-11(15)7-9-3-4-10(8-14-9)16-6-2-5-12/h3-4,8H,2,5-7,12H2,1H3,(H,13,15). The van der Waals surface area contributed by atoms with Crippen LogP contribution in [-0.4, -0.2) is 31.1 Å². The highest BCUT2D eigenvalue weighted by Gasteiger charge is 2.02. The summed E-state index contributed by atoms with van der Waals surface area (Å²) in [6.07, 6.45) is 2.73. The van der Waals surface area contributed by atoms with Gasteiger partial charge in [0.2, 0.25) is 5.91 Å². The minimum atomic E-state index is -0.0516. The molecule has 0 aliphatic heterocycles. The predicted molar refractivity (Wildman–Crippen MR) is 61.2 cm³/mol. The number of carbonyl (C=O) groups is 1. The van der Waals surface area contributed by atoms with E-state index in [4.69, 9.17) is 10.5 Å². The van der Waals surface area contributed by atoms with Crippen molar-refractivity contribution in [1.29, 1.82) is 0 Å². The molecular weight excluding hydrogens is 206 g/mol. The van der Waals surface area contributed by atoms with Crippen molar-refractivity contribution in [2.45, 2.75) is 12.8 Å². The third-order valence-corrected chi connectivity index (χ3v) is 2.04. The quantitative estimate of drug-likeness (QED) is 0.670. The lowest BCUT2D eigenvalue weighted by molar-refractivity contribution is -0.120. The van der Waals surface area contributed by atoms with Crippen LogP contribution >= 0.6 is 0 Å². The van der Waals surface area contributed by atoms with Gasteiger partial charge in [0.15, 0.2) is 0 Å². The molecule has 3 N–H and O–H groups in total. The number of nitrogens with two attached hydrogens (primary N) is 1. The van der Waals surface area contributed by atoms with Crippen molar-refractivity contribution in [3.05, 3.63) is 24.0 Å². The minimum absolute atomic E-state index is 0.0516. The Bertz CT molecular complexity index is 325. The third-order valence-electron chi connectivity index (χ3n) is 2.04. The molecule has 0 bridgehead atoms. The van der Waals surface area contributed by atoms with Gasteiger partial charge in [0.05, 0.1) is 19.2 Å². The van der Waals surface area contributed by atoms with Crippen LogP contribution in [0.15, 0.2) is 18.3 Å². The van der Waals surface area contributed by atoms with Gasteiger partial charge in [0, 0.05) is 12.7 Å². The Hall–Kier alpha value is -1.62. The van der Waals surface area contributed by atoms with E-state index in [2.05, 4.69) is 10.3 Å². The van der Waals surface area contributed by atoms with Crippen molar-refractivity contribution < 1.29 is 9.53 Å². The fourth-order valence-electron chi connectivity index (χ4n) is 1.13. The number of aromatic nitrogens is 1. The number of likely N-dealkylation sites (N-methyl/N-ethyl adjacent to an activating group) is 1. The molecule has 0 radical (unpaired) electrons. The van der Waals surface area contributed by atoms with E-state index < -0.39 is 0 Å². The molecule has 0 fully saturated rings. The molecule has 0 unspecified atom stereocenters. The minimum Gasteiger partial charge on any atom is -0.492 e. The van der Waals surface area contributed by atoms with Gasteiger partial charge in [-0.1, -0.05) is 0 Å². The summed E-state index contributed by atoms with van der Waals surface area (Å²) < 4.78 is 5.39. The summed E-state index contributed by atoms with van der Waals surface area (Å²) in [4.78, 5) is 15.2. The molecule has 0 saturated carbocycles. The van der Waals surface area contributed by atoms with Crippen LogP contribution < -0.4 is 15.8 Å². The van der Waals surface area contributed by atoms with Gasteiger partial charge in [0.1, 0.15) is 5.75 Å². The summed E-state index contributed by atoms with van der Waals surface area (Å²) in [6, 6.07) is 3.59. The molecule has 0 saturated heterocycles. The van der Waals surface area contributed by atoms with Gasteiger partial charge in [-0.25, -0.2) is 0 Å². The number of nitrogens with zero attached hydrogens (tertiary/aromatic N) is 1. The van der Waals surface area contributed by atoms with Crippen molar-refractivity contribution in [2.75, 3.05) is 20.2 Å².